The van der Waals surface area contributed by atoms with Crippen LogP contribution < -0.4 is 0 Å². The first kappa shape index (κ1) is 74.5. The Morgan fingerprint density at radius 1 is 0.429 bits per heavy atom. The molecule has 33 heteroatoms. The molecule has 0 saturated carbocycles. The number of aliphatic hydroxyl groups excluding tert-OH is 3. The summed E-state index contributed by atoms with van der Waals surface area (Å²) in [6.45, 7) is 7.67. The summed E-state index contributed by atoms with van der Waals surface area (Å²) in [5.41, 5.74) is 53.1. The third kappa shape index (κ3) is 18.6. The molecular weight excluding hydrogens is 1280 g/mol. The van der Waals surface area contributed by atoms with E-state index >= 15 is 0 Å². The number of nitrogens with zero attached hydrogens (tertiary/aromatic N) is 15. The highest BCUT2D eigenvalue weighted by atomic mass is 16.8. The van der Waals surface area contributed by atoms with Gasteiger partial charge in [0.05, 0.1) is 100 Å². The summed E-state index contributed by atoms with van der Waals surface area (Å²) in [6, 6.07) is 30.2. The highest BCUT2D eigenvalue weighted by Gasteiger charge is 2.61. The van der Waals surface area contributed by atoms with Crippen molar-refractivity contribution in [3.63, 3.8) is 0 Å². The molecule has 4 aromatic carbocycles. The quantitative estimate of drug-likeness (QED) is 0.0139. The highest BCUT2D eigenvalue weighted by Crippen LogP contribution is 2.44. The third-order valence-corrected chi connectivity index (χ3v) is 17.9. The standard InChI is InChI=1S/C65H83N15O18/c1-36-46(71-76-66)53(86-32-41-22-12-7-13-23-41)51(82)62(91-36)96-63-58(55(48(73-78-68)38(3)92-63)87-33-42-24-14-8-15-25-42)95-61-52(83)54(47(72-77-67)37(2)90-61)94-64-59(56(49(74-79-69)39(4)93-64)88-34-43-26-16-9-17-27-43)98-65(31-21-11-20-30-45(81)85-6)60(84)57(50(75-80-70)40(5)97-65)89-35-44-28-18-10-19-29-44/h7-10,12-19,22-29,36-40,46-64,82-84H,11,20-21,30-35H2,1-6H3/t36-,37-,38-,39-,40-,46-,47-,48-,49-,50-,51+,52+,53+,54+,55+,56+,57+,58+,59+,60+,61-,62-,63-,64-,65-/m1/s1. The lowest BCUT2D eigenvalue weighted by Crippen LogP contribution is -2.70. The number of ether oxygens (including phenoxy) is 14. The molecule has 0 radical (unpaired) electrons. The number of methoxy groups -OCH3 is 1. The van der Waals surface area contributed by atoms with Gasteiger partial charge < -0.3 is 81.6 Å². The summed E-state index contributed by atoms with van der Waals surface area (Å²) < 4.78 is 91.7. The van der Waals surface area contributed by atoms with Crippen molar-refractivity contribution < 1.29 is 86.4 Å². The topological polar surface area (TPSA) is 451 Å². The maximum Gasteiger partial charge on any atom is 0.305 e. The van der Waals surface area contributed by atoms with E-state index in [9.17, 15) is 47.8 Å². The molecule has 526 valence electrons. The first-order valence-corrected chi connectivity index (χ1v) is 32.4. The van der Waals surface area contributed by atoms with E-state index in [4.69, 9.17) is 66.3 Å². The van der Waals surface area contributed by atoms with E-state index in [0.717, 1.165) is 11.1 Å². The van der Waals surface area contributed by atoms with E-state index < -0.39 is 159 Å². The van der Waals surface area contributed by atoms with Crippen LogP contribution in [-0.4, -0.2) is 181 Å². The van der Waals surface area contributed by atoms with Gasteiger partial charge in [0.1, 0.15) is 54.9 Å². The molecule has 5 heterocycles. The summed E-state index contributed by atoms with van der Waals surface area (Å²) in [5, 5.41) is 58.7. The second-order valence-electron chi connectivity index (χ2n) is 24.5. The summed E-state index contributed by atoms with van der Waals surface area (Å²) in [5.74, 6) is -2.61. The summed E-state index contributed by atoms with van der Waals surface area (Å²) >= 11 is 0. The Morgan fingerprint density at radius 2 is 0.776 bits per heavy atom. The maximum absolute atomic E-state index is 13.1. The van der Waals surface area contributed by atoms with Crippen molar-refractivity contribution in [1.29, 1.82) is 0 Å². The van der Waals surface area contributed by atoms with Crippen molar-refractivity contribution in [2.75, 3.05) is 7.11 Å². The number of azide groups is 5. The van der Waals surface area contributed by atoms with Gasteiger partial charge >= 0.3 is 5.97 Å². The molecule has 0 unspecified atom stereocenters. The van der Waals surface area contributed by atoms with Crippen LogP contribution in [0.3, 0.4) is 0 Å². The largest absolute Gasteiger partial charge is 0.469 e. The number of rotatable bonds is 31. The van der Waals surface area contributed by atoms with Gasteiger partial charge in [-0.25, -0.2) is 0 Å². The second-order valence-corrected chi connectivity index (χ2v) is 24.5. The van der Waals surface area contributed by atoms with E-state index in [1.807, 2.05) is 72.8 Å². The van der Waals surface area contributed by atoms with Crippen molar-refractivity contribution in [3.05, 3.63) is 196 Å². The van der Waals surface area contributed by atoms with E-state index in [1.165, 1.54) is 14.0 Å². The number of hydrogen-bond donors (Lipinski definition) is 3. The molecule has 0 bridgehead atoms. The first-order valence-electron chi connectivity index (χ1n) is 32.4. The van der Waals surface area contributed by atoms with Gasteiger partial charge in [-0.05, 0) is 97.4 Å². The molecule has 3 N–H and O–H groups in total. The Bertz CT molecular complexity index is 3420. The minimum absolute atomic E-state index is 0.00648. The predicted octanol–water partition coefficient (Wildman–Crippen LogP) is 10.2. The van der Waals surface area contributed by atoms with Crippen LogP contribution in [0.15, 0.2) is 147 Å². The van der Waals surface area contributed by atoms with Crippen LogP contribution in [0.2, 0.25) is 0 Å². The molecule has 0 aliphatic carbocycles. The van der Waals surface area contributed by atoms with Crippen LogP contribution in [0, 0.1) is 0 Å². The Labute approximate surface area is 564 Å². The van der Waals surface area contributed by atoms with Gasteiger partial charge in [0.25, 0.3) is 0 Å². The van der Waals surface area contributed by atoms with Crippen LogP contribution >= 0.6 is 0 Å². The third-order valence-electron chi connectivity index (χ3n) is 17.9. The monoisotopic (exact) mass is 1360 g/mol. The average molecular weight is 1360 g/mol. The molecule has 98 heavy (non-hydrogen) atoms. The molecule has 0 amide bonds. The van der Waals surface area contributed by atoms with Crippen LogP contribution in [0.5, 0.6) is 0 Å². The number of unbranched alkanes of at least 4 members (excludes halogenated alkanes) is 2. The molecule has 5 aliphatic heterocycles. The van der Waals surface area contributed by atoms with Gasteiger partial charge in [-0.3, -0.25) is 4.79 Å². The fourth-order valence-corrected chi connectivity index (χ4v) is 12.9. The van der Waals surface area contributed by atoms with Crippen molar-refractivity contribution in [3.8, 4) is 0 Å². The summed E-state index contributed by atoms with van der Waals surface area (Å²) in [7, 11) is 1.28. The lowest BCUT2D eigenvalue weighted by atomic mass is 9.87. The zero-order chi connectivity index (χ0) is 69.7. The van der Waals surface area contributed by atoms with Crippen molar-refractivity contribution in [2.45, 2.75) is 246 Å². The molecule has 5 saturated heterocycles. The Kier molecular flexibility index (Phi) is 27.6. The molecule has 0 spiro atoms. The Morgan fingerprint density at radius 3 is 1.21 bits per heavy atom. The fraction of sp³-hybridized carbons (Fsp3) is 0.615. The molecule has 33 nitrogen and oxygen atoms in total. The van der Waals surface area contributed by atoms with Crippen LogP contribution in [0.4, 0.5) is 0 Å². The van der Waals surface area contributed by atoms with Crippen LogP contribution in [0.1, 0.15) is 89.0 Å². The second kappa shape index (κ2) is 36.4. The smallest absolute Gasteiger partial charge is 0.305 e. The molecule has 9 rings (SSSR count). The van der Waals surface area contributed by atoms with E-state index in [2.05, 4.69) is 50.1 Å². The molecular formula is C65H83N15O18. The van der Waals surface area contributed by atoms with Gasteiger partial charge in [-0.1, -0.05) is 153 Å². The molecule has 25 atom stereocenters. The zero-order valence-electron chi connectivity index (χ0n) is 54.9. The maximum atomic E-state index is 13.1. The SMILES string of the molecule is COC(=O)CCCCC[C@]1(O[C@@H]2[C@@H](O[C@@H]3[C@H](O)[C@@H](O[C@@H]4[C@@H](O[C@H]5O[C@H](C)[C@@H](N=[N+]=[N-])[C@H](OCc6ccccc6)[C@@H]5O)O[C@H](C)[C@@H](N=[N+]=[N-])[C@@H]4OCc4ccccc4)O[C@H](C)[C@H]3N=[N+]=[N-])O[C@H](C)[C@@H](N=[N+]=[N-])[C@@H]2OCc2ccccc2)O[C@H](C)[C@@H](N=[N+]=[N-])[C@H](OCc2ccccc2)[C@@H]1O. The molecule has 5 aliphatic rings. The van der Waals surface area contributed by atoms with Gasteiger partial charge in [0.15, 0.2) is 30.9 Å². The highest BCUT2D eigenvalue weighted by molar-refractivity contribution is 5.69. The molecule has 5 fully saturated rings. The Balaban J connectivity index is 1.11. The lowest BCUT2D eigenvalue weighted by molar-refractivity contribution is -0.411. The van der Waals surface area contributed by atoms with Crippen LogP contribution in [0.25, 0.3) is 52.2 Å². The number of carbonyl (C=O) groups excluding carboxylic acids is 1. The first-order chi connectivity index (χ1) is 47.5. The average Bonchev–Trinajstić information content (AvgIpc) is 0.754. The molecule has 0 aromatic heterocycles. The zero-order valence-corrected chi connectivity index (χ0v) is 54.9. The van der Waals surface area contributed by atoms with Crippen molar-refractivity contribution in [1.82, 2.24) is 0 Å². The Hall–Kier alpha value is -7.74. The normalized spacial score (nSPS) is 35.4. The van der Waals surface area contributed by atoms with Gasteiger partial charge in [0, 0.05) is 37.4 Å². The summed E-state index contributed by atoms with van der Waals surface area (Å²) in [6.07, 6.45) is -26.9. The van der Waals surface area contributed by atoms with Gasteiger partial charge in [-0.2, -0.15) is 0 Å². The van der Waals surface area contributed by atoms with Gasteiger partial charge in [0.2, 0.25) is 0 Å². The van der Waals surface area contributed by atoms with Crippen molar-refractivity contribution in [2.24, 2.45) is 25.6 Å². The number of esters is 1. The fourth-order valence-electron chi connectivity index (χ4n) is 12.9. The number of aliphatic hydroxyl groups is 3. The number of hydrogen-bond acceptors (Lipinski definition) is 23. The number of benzene rings is 4. The van der Waals surface area contributed by atoms with Crippen molar-refractivity contribution >= 4 is 5.97 Å². The lowest BCUT2D eigenvalue weighted by Gasteiger charge is -2.54. The minimum atomic E-state index is -2.17. The molecule has 4 aromatic rings. The predicted molar refractivity (Wildman–Crippen MR) is 344 cm³/mol. The number of carbonyl (C=O) groups is 1. The van der Waals surface area contributed by atoms with E-state index in [0.29, 0.717) is 24.0 Å². The summed E-state index contributed by atoms with van der Waals surface area (Å²) in [4.78, 5) is 27.9. The van der Waals surface area contributed by atoms with E-state index in [1.54, 1.807) is 76.2 Å². The van der Waals surface area contributed by atoms with Crippen LogP contribution in [-0.2, 0) is 97.5 Å². The van der Waals surface area contributed by atoms with Gasteiger partial charge in [-0.15, -0.1) is 0 Å². The minimum Gasteiger partial charge on any atom is -0.469 e. The van der Waals surface area contributed by atoms with E-state index in [-0.39, 0.29) is 45.7 Å².